The van der Waals surface area contributed by atoms with Gasteiger partial charge in [0, 0.05) is 6.61 Å². The zero-order chi connectivity index (χ0) is 10.7. The maximum absolute atomic E-state index is 11.2. The van der Waals surface area contributed by atoms with Crippen LogP contribution in [-0.4, -0.2) is 23.8 Å². The molecule has 3 nitrogen and oxygen atoms in total. The molecular formula is C12H20O3. The fourth-order valence-electron chi connectivity index (χ4n) is 2.97. The quantitative estimate of drug-likeness (QED) is 0.778. The van der Waals surface area contributed by atoms with Gasteiger partial charge >= 0.3 is 5.97 Å². The number of ether oxygens (including phenoxy) is 1. The molecule has 1 N–H and O–H groups in total. The van der Waals surface area contributed by atoms with Crippen molar-refractivity contribution < 1.29 is 14.6 Å². The van der Waals surface area contributed by atoms with Crippen molar-refractivity contribution in [2.24, 2.45) is 11.8 Å². The molecule has 0 spiro atoms. The average molecular weight is 212 g/mol. The first-order chi connectivity index (χ1) is 7.27. The van der Waals surface area contributed by atoms with E-state index in [1.54, 1.807) is 0 Å². The zero-order valence-electron chi connectivity index (χ0n) is 9.15. The summed E-state index contributed by atoms with van der Waals surface area (Å²) in [5.74, 6) is -0.361. The van der Waals surface area contributed by atoms with Crippen molar-refractivity contribution in [3.05, 3.63) is 0 Å². The van der Waals surface area contributed by atoms with Crippen LogP contribution < -0.4 is 0 Å². The Morgan fingerprint density at radius 3 is 2.53 bits per heavy atom. The van der Waals surface area contributed by atoms with Crippen molar-refractivity contribution in [2.45, 2.75) is 51.0 Å². The predicted molar refractivity (Wildman–Crippen MR) is 56.7 cm³/mol. The Bertz CT molecular complexity index is 215. The van der Waals surface area contributed by atoms with Gasteiger partial charge in [0.05, 0.1) is 12.0 Å². The standard InChI is InChI=1S/C12H20O3/c13-12(14)11(9-4-1-2-5-9)8-10-6-3-7-15-10/h9-11H,1-8H2,(H,13,14). The largest absolute Gasteiger partial charge is 0.481 e. The molecule has 3 heteroatoms. The summed E-state index contributed by atoms with van der Waals surface area (Å²) in [6.45, 7) is 0.821. The van der Waals surface area contributed by atoms with E-state index in [4.69, 9.17) is 4.74 Å². The Hall–Kier alpha value is -0.570. The molecule has 1 heterocycles. The first-order valence-corrected chi connectivity index (χ1v) is 6.12. The third-order valence-corrected chi connectivity index (χ3v) is 3.83. The molecule has 1 saturated heterocycles. The number of carboxylic acid groups (broad SMARTS) is 1. The molecular weight excluding hydrogens is 192 g/mol. The number of rotatable bonds is 4. The summed E-state index contributed by atoms with van der Waals surface area (Å²) in [6.07, 6.45) is 7.72. The SMILES string of the molecule is O=C(O)C(CC1CCCO1)C1CCCC1. The zero-order valence-corrected chi connectivity index (χ0v) is 9.15. The van der Waals surface area contributed by atoms with Crippen LogP contribution in [0.25, 0.3) is 0 Å². The summed E-state index contributed by atoms with van der Waals surface area (Å²) in [5, 5.41) is 9.24. The van der Waals surface area contributed by atoms with Crippen LogP contribution in [0.2, 0.25) is 0 Å². The van der Waals surface area contributed by atoms with Crippen molar-refractivity contribution in [3.8, 4) is 0 Å². The normalized spacial score (nSPS) is 29.5. The number of carboxylic acids is 1. The average Bonchev–Trinajstić information content (AvgIpc) is 2.87. The van der Waals surface area contributed by atoms with Crippen molar-refractivity contribution in [1.29, 1.82) is 0 Å². The molecule has 1 aliphatic carbocycles. The van der Waals surface area contributed by atoms with E-state index in [9.17, 15) is 9.90 Å². The van der Waals surface area contributed by atoms with Gasteiger partial charge in [-0.2, -0.15) is 0 Å². The van der Waals surface area contributed by atoms with Gasteiger partial charge in [-0.1, -0.05) is 12.8 Å². The second-order valence-electron chi connectivity index (χ2n) is 4.86. The minimum Gasteiger partial charge on any atom is -0.481 e. The maximum atomic E-state index is 11.2. The van der Waals surface area contributed by atoms with Gasteiger partial charge in [-0.05, 0) is 38.0 Å². The van der Waals surface area contributed by atoms with Crippen LogP contribution in [0, 0.1) is 11.8 Å². The molecule has 2 fully saturated rings. The molecule has 2 rings (SSSR count). The molecule has 2 aliphatic rings. The Morgan fingerprint density at radius 2 is 2.00 bits per heavy atom. The van der Waals surface area contributed by atoms with E-state index in [1.807, 2.05) is 0 Å². The molecule has 0 bridgehead atoms. The smallest absolute Gasteiger partial charge is 0.306 e. The molecule has 0 aromatic heterocycles. The Labute approximate surface area is 90.8 Å². The van der Waals surface area contributed by atoms with E-state index in [2.05, 4.69) is 0 Å². The summed E-state index contributed by atoms with van der Waals surface area (Å²) in [5.41, 5.74) is 0. The summed E-state index contributed by atoms with van der Waals surface area (Å²) < 4.78 is 5.53. The van der Waals surface area contributed by atoms with Gasteiger partial charge in [0.2, 0.25) is 0 Å². The number of hydrogen-bond donors (Lipinski definition) is 1. The van der Waals surface area contributed by atoms with Crippen LogP contribution in [0.15, 0.2) is 0 Å². The molecule has 1 aliphatic heterocycles. The number of hydrogen-bond acceptors (Lipinski definition) is 2. The monoisotopic (exact) mass is 212 g/mol. The summed E-state index contributed by atoms with van der Waals surface area (Å²) in [4.78, 5) is 11.2. The lowest BCUT2D eigenvalue weighted by Gasteiger charge is -2.21. The molecule has 0 aromatic rings. The highest BCUT2D eigenvalue weighted by Gasteiger charge is 2.33. The van der Waals surface area contributed by atoms with E-state index in [0.717, 1.165) is 38.7 Å². The minimum atomic E-state index is -0.614. The highest BCUT2D eigenvalue weighted by Crippen LogP contribution is 2.35. The summed E-state index contributed by atoms with van der Waals surface area (Å²) in [6, 6.07) is 0. The minimum absolute atomic E-state index is 0.157. The van der Waals surface area contributed by atoms with E-state index in [0.29, 0.717) is 5.92 Å². The van der Waals surface area contributed by atoms with Gasteiger partial charge in [0.1, 0.15) is 0 Å². The fourth-order valence-corrected chi connectivity index (χ4v) is 2.97. The lowest BCUT2D eigenvalue weighted by atomic mass is 9.86. The van der Waals surface area contributed by atoms with Crippen molar-refractivity contribution >= 4 is 5.97 Å². The third-order valence-electron chi connectivity index (χ3n) is 3.83. The molecule has 0 radical (unpaired) electrons. The Balaban J connectivity index is 1.89. The van der Waals surface area contributed by atoms with Gasteiger partial charge in [0.25, 0.3) is 0 Å². The van der Waals surface area contributed by atoms with E-state index >= 15 is 0 Å². The molecule has 0 aromatic carbocycles. The van der Waals surface area contributed by atoms with Crippen LogP contribution >= 0.6 is 0 Å². The number of carbonyl (C=O) groups is 1. The molecule has 1 saturated carbocycles. The molecule has 2 atom stereocenters. The van der Waals surface area contributed by atoms with Crippen LogP contribution in [0.5, 0.6) is 0 Å². The van der Waals surface area contributed by atoms with E-state index in [1.165, 1.54) is 12.8 Å². The predicted octanol–water partition coefficient (Wildman–Crippen LogP) is 2.45. The van der Waals surface area contributed by atoms with Crippen molar-refractivity contribution in [3.63, 3.8) is 0 Å². The first kappa shape index (κ1) is 10.9. The van der Waals surface area contributed by atoms with E-state index < -0.39 is 5.97 Å². The van der Waals surface area contributed by atoms with E-state index in [-0.39, 0.29) is 12.0 Å². The second kappa shape index (κ2) is 4.97. The topological polar surface area (TPSA) is 46.5 Å². The Morgan fingerprint density at radius 1 is 1.27 bits per heavy atom. The highest BCUT2D eigenvalue weighted by molar-refractivity contribution is 5.70. The van der Waals surface area contributed by atoms with Gasteiger partial charge < -0.3 is 9.84 Å². The van der Waals surface area contributed by atoms with Gasteiger partial charge in [-0.25, -0.2) is 0 Å². The van der Waals surface area contributed by atoms with Gasteiger partial charge in [-0.3, -0.25) is 4.79 Å². The first-order valence-electron chi connectivity index (χ1n) is 6.12. The van der Waals surface area contributed by atoms with Crippen molar-refractivity contribution in [2.75, 3.05) is 6.61 Å². The highest BCUT2D eigenvalue weighted by atomic mass is 16.5. The van der Waals surface area contributed by atoms with Gasteiger partial charge in [0.15, 0.2) is 0 Å². The van der Waals surface area contributed by atoms with Crippen LogP contribution in [-0.2, 0) is 9.53 Å². The number of aliphatic carboxylic acids is 1. The van der Waals surface area contributed by atoms with Crippen LogP contribution in [0.3, 0.4) is 0 Å². The second-order valence-corrected chi connectivity index (χ2v) is 4.86. The molecule has 0 amide bonds. The third kappa shape index (κ3) is 2.71. The lowest BCUT2D eigenvalue weighted by molar-refractivity contribution is -0.145. The molecule has 2 unspecified atom stereocenters. The van der Waals surface area contributed by atoms with Gasteiger partial charge in [-0.15, -0.1) is 0 Å². The molecule has 86 valence electrons. The fraction of sp³-hybridized carbons (Fsp3) is 0.917. The maximum Gasteiger partial charge on any atom is 0.306 e. The summed E-state index contributed by atoms with van der Waals surface area (Å²) >= 11 is 0. The Kier molecular flexibility index (Phi) is 3.62. The summed E-state index contributed by atoms with van der Waals surface area (Å²) in [7, 11) is 0. The lowest BCUT2D eigenvalue weighted by Crippen LogP contribution is -2.26. The van der Waals surface area contributed by atoms with Crippen LogP contribution in [0.4, 0.5) is 0 Å². The van der Waals surface area contributed by atoms with Crippen molar-refractivity contribution in [1.82, 2.24) is 0 Å². The van der Waals surface area contributed by atoms with Crippen LogP contribution in [0.1, 0.15) is 44.9 Å². The molecule has 15 heavy (non-hydrogen) atoms.